The zero-order valence-corrected chi connectivity index (χ0v) is 9.29. The molecular weight excluding hydrogens is 250 g/mol. The number of rotatable bonds is 2. The predicted molar refractivity (Wildman–Crippen MR) is 55.3 cm³/mol. The molecule has 0 N–H and O–H groups in total. The Labute approximate surface area is 95.5 Å². The Morgan fingerprint density at radius 3 is 2.40 bits per heavy atom. The highest BCUT2D eigenvalue weighted by molar-refractivity contribution is 6.36. The number of halogens is 5. The van der Waals surface area contributed by atoms with Gasteiger partial charge in [-0.1, -0.05) is 11.6 Å². The summed E-state index contributed by atoms with van der Waals surface area (Å²) in [6.45, 7) is 2.08. The molecule has 0 bridgehead atoms. The molecule has 15 heavy (non-hydrogen) atoms. The van der Waals surface area contributed by atoms with Crippen molar-refractivity contribution in [1.29, 1.82) is 0 Å². The average Bonchev–Trinajstić information content (AvgIpc) is 2.15. The normalized spacial score (nSPS) is 11.6. The lowest BCUT2D eigenvalue weighted by molar-refractivity contribution is -0.137. The molecule has 0 heterocycles. The van der Waals surface area contributed by atoms with E-state index in [2.05, 4.69) is 0 Å². The Hall–Kier alpha value is -0.610. The molecule has 0 saturated heterocycles. The summed E-state index contributed by atoms with van der Waals surface area (Å²) < 4.78 is 38.2. The molecule has 0 amide bonds. The second kappa shape index (κ2) is 4.49. The Kier molecular flexibility index (Phi) is 3.73. The van der Waals surface area contributed by atoms with Crippen molar-refractivity contribution in [2.45, 2.75) is 13.1 Å². The van der Waals surface area contributed by atoms with Crippen molar-refractivity contribution < 1.29 is 13.2 Å². The molecule has 0 aliphatic carbocycles. The lowest BCUT2D eigenvalue weighted by atomic mass is 10.2. The third-order valence-corrected chi connectivity index (χ3v) is 2.55. The van der Waals surface area contributed by atoms with Crippen LogP contribution in [0.3, 0.4) is 0 Å². The van der Waals surface area contributed by atoms with E-state index in [1.54, 1.807) is 6.92 Å². The Balaban J connectivity index is 3.17. The van der Waals surface area contributed by atoms with Crippen molar-refractivity contribution in [2.75, 3.05) is 11.0 Å². The Bertz CT molecular complexity index is 352. The van der Waals surface area contributed by atoms with Gasteiger partial charge in [0.15, 0.2) is 0 Å². The van der Waals surface area contributed by atoms with Crippen LogP contribution in [0, 0.1) is 0 Å². The van der Waals surface area contributed by atoms with Gasteiger partial charge in [0.1, 0.15) is 0 Å². The first-order valence-electron chi connectivity index (χ1n) is 4.16. The number of alkyl halides is 3. The third-order valence-electron chi connectivity index (χ3n) is 1.81. The van der Waals surface area contributed by atoms with Crippen molar-refractivity contribution in [3.05, 3.63) is 28.8 Å². The lowest BCUT2D eigenvalue weighted by Crippen LogP contribution is -2.11. The van der Waals surface area contributed by atoms with Crippen LogP contribution in [0.5, 0.6) is 0 Å². The summed E-state index contributed by atoms with van der Waals surface area (Å²) in [7, 11) is 0. The van der Waals surface area contributed by atoms with Crippen LogP contribution in [0.25, 0.3) is 0 Å². The lowest BCUT2D eigenvalue weighted by Gasteiger charge is -2.16. The second-order valence-corrected chi connectivity index (χ2v) is 3.66. The summed E-state index contributed by atoms with van der Waals surface area (Å²) in [5.74, 6) is 0. The second-order valence-electron chi connectivity index (χ2n) is 2.84. The van der Waals surface area contributed by atoms with E-state index in [0.29, 0.717) is 6.54 Å². The maximum absolute atomic E-state index is 12.4. The minimum absolute atomic E-state index is 0.163. The zero-order chi connectivity index (χ0) is 11.6. The van der Waals surface area contributed by atoms with Crippen LogP contribution in [0.1, 0.15) is 12.5 Å². The van der Waals surface area contributed by atoms with Crippen molar-refractivity contribution in [3.8, 4) is 0 Å². The first-order chi connectivity index (χ1) is 6.86. The molecule has 0 radical (unpaired) electrons. The van der Waals surface area contributed by atoms with Crippen molar-refractivity contribution in [1.82, 2.24) is 0 Å². The third kappa shape index (κ3) is 2.92. The molecule has 0 fully saturated rings. The van der Waals surface area contributed by atoms with E-state index in [9.17, 15) is 13.2 Å². The van der Waals surface area contributed by atoms with Gasteiger partial charge < -0.3 is 0 Å². The highest BCUT2D eigenvalue weighted by atomic mass is 35.5. The minimum atomic E-state index is -4.38. The van der Waals surface area contributed by atoms with E-state index < -0.39 is 11.7 Å². The average molecular weight is 258 g/mol. The van der Waals surface area contributed by atoms with Gasteiger partial charge in [0.2, 0.25) is 0 Å². The quantitative estimate of drug-likeness (QED) is 0.713. The SMILES string of the molecule is CCN(Cl)c1cc(C(F)(F)F)ccc1Cl. The molecule has 0 aliphatic rings. The molecule has 0 aromatic heterocycles. The molecule has 1 nitrogen and oxygen atoms in total. The molecular formula is C9H8Cl2F3N. The highest BCUT2D eigenvalue weighted by Gasteiger charge is 2.31. The maximum atomic E-state index is 12.4. The molecule has 0 saturated carbocycles. The topological polar surface area (TPSA) is 3.24 Å². The minimum Gasteiger partial charge on any atom is -0.284 e. The van der Waals surface area contributed by atoms with Gasteiger partial charge in [0.05, 0.1) is 16.3 Å². The Morgan fingerprint density at radius 2 is 1.93 bits per heavy atom. The van der Waals surface area contributed by atoms with Gasteiger partial charge in [0.25, 0.3) is 0 Å². The molecule has 0 aliphatic heterocycles. The van der Waals surface area contributed by atoms with Gasteiger partial charge in [-0.05, 0) is 25.1 Å². The molecule has 0 atom stereocenters. The fourth-order valence-corrected chi connectivity index (χ4v) is 1.45. The summed E-state index contributed by atoms with van der Waals surface area (Å²) in [5, 5.41) is 0.194. The van der Waals surface area contributed by atoms with Crippen LogP contribution in [-0.2, 0) is 6.18 Å². The molecule has 0 spiro atoms. The highest BCUT2D eigenvalue weighted by Crippen LogP contribution is 2.35. The van der Waals surface area contributed by atoms with Crippen LogP contribution in [0.2, 0.25) is 5.02 Å². The van der Waals surface area contributed by atoms with Crippen molar-refractivity contribution in [3.63, 3.8) is 0 Å². The van der Waals surface area contributed by atoms with E-state index in [4.69, 9.17) is 23.4 Å². The van der Waals surface area contributed by atoms with Gasteiger partial charge >= 0.3 is 6.18 Å². The monoisotopic (exact) mass is 257 g/mol. The summed E-state index contributed by atoms with van der Waals surface area (Å²) in [6, 6.07) is 3.04. The van der Waals surface area contributed by atoms with E-state index in [1.807, 2.05) is 0 Å². The number of benzene rings is 1. The summed E-state index contributed by atoms with van der Waals surface area (Å²) in [5.41, 5.74) is -0.600. The van der Waals surface area contributed by atoms with Gasteiger partial charge in [-0.3, -0.25) is 4.42 Å². The fourth-order valence-electron chi connectivity index (χ4n) is 1.05. The smallest absolute Gasteiger partial charge is 0.284 e. The Morgan fingerprint density at radius 1 is 1.33 bits per heavy atom. The predicted octanol–water partition coefficient (Wildman–Crippen LogP) is 4.34. The van der Waals surface area contributed by atoms with Gasteiger partial charge in [-0.25, -0.2) is 0 Å². The van der Waals surface area contributed by atoms with Gasteiger partial charge in [-0.2, -0.15) is 13.2 Å². The van der Waals surface area contributed by atoms with Gasteiger partial charge in [-0.15, -0.1) is 0 Å². The van der Waals surface area contributed by atoms with Crippen LogP contribution < -0.4 is 4.42 Å². The first-order valence-corrected chi connectivity index (χ1v) is 4.88. The molecule has 6 heteroatoms. The largest absolute Gasteiger partial charge is 0.416 e. The summed E-state index contributed by atoms with van der Waals surface area (Å²) in [6.07, 6.45) is -4.38. The zero-order valence-electron chi connectivity index (χ0n) is 7.78. The summed E-state index contributed by atoms with van der Waals surface area (Å²) in [4.78, 5) is 0. The molecule has 1 aromatic carbocycles. The van der Waals surface area contributed by atoms with Crippen LogP contribution in [-0.4, -0.2) is 6.54 Å². The molecule has 84 valence electrons. The van der Waals surface area contributed by atoms with E-state index >= 15 is 0 Å². The first kappa shape index (κ1) is 12.5. The van der Waals surface area contributed by atoms with Crippen molar-refractivity contribution in [2.24, 2.45) is 0 Å². The van der Waals surface area contributed by atoms with Crippen LogP contribution in [0.4, 0.5) is 18.9 Å². The van der Waals surface area contributed by atoms with E-state index in [0.717, 1.165) is 16.6 Å². The molecule has 1 rings (SSSR count). The fraction of sp³-hybridized carbons (Fsp3) is 0.333. The summed E-state index contributed by atoms with van der Waals surface area (Å²) >= 11 is 11.4. The maximum Gasteiger partial charge on any atom is 0.416 e. The van der Waals surface area contributed by atoms with E-state index in [1.165, 1.54) is 6.07 Å². The molecule has 1 aromatic rings. The number of hydrogen-bond donors (Lipinski definition) is 0. The standard InChI is InChI=1S/C9H8Cl2F3N/c1-2-15(11)8-5-6(9(12,13)14)3-4-7(8)10/h3-5H,2H2,1H3. The molecule has 0 unspecified atom stereocenters. The number of nitrogens with zero attached hydrogens (tertiary/aromatic N) is 1. The number of hydrogen-bond acceptors (Lipinski definition) is 1. The van der Waals surface area contributed by atoms with Crippen LogP contribution in [0.15, 0.2) is 18.2 Å². The van der Waals surface area contributed by atoms with Crippen LogP contribution >= 0.6 is 23.4 Å². The van der Waals surface area contributed by atoms with Crippen molar-refractivity contribution >= 4 is 29.1 Å². The number of anilines is 1. The van der Waals surface area contributed by atoms with E-state index in [-0.39, 0.29) is 10.7 Å². The van der Waals surface area contributed by atoms with Gasteiger partial charge in [0, 0.05) is 18.3 Å².